The average molecular weight is 380 g/mol. The van der Waals surface area contributed by atoms with Crippen LogP contribution >= 0.6 is 0 Å². The summed E-state index contributed by atoms with van der Waals surface area (Å²) in [4.78, 5) is 30.9. The topological polar surface area (TPSA) is 77.4 Å². The summed E-state index contributed by atoms with van der Waals surface area (Å²) in [5, 5.41) is 6.45. The van der Waals surface area contributed by atoms with Crippen molar-refractivity contribution in [3.05, 3.63) is 56.7 Å². The molecule has 0 unspecified atom stereocenters. The normalized spacial score (nSPS) is 16.4. The summed E-state index contributed by atoms with van der Waals surface area (Å²) < 4.78 is 4.65. The molecule has 0 saturated carbocycles. The Bertz CT molecular complexity index is 1190. The van der Waals surface area contributed by atoms with Crippen molar-refractivity contribution >= 4 is 22.8 Å². The van der Waals surface area contributed by atoms with Gasteiger partial charge in [-0.2, -0.15) is 10.1 Å². The van der Waals surface area contributed by atoms with Crippen molar-refractivity contribution in [2.75, 3.05) is 11.6 Å². The third-order valence-corrected chi connectivity index (χ3v) is 5.28. The molecule has 4 rings (SSSR count). The predicted octanol–water partition coefficient (Wildman–Crippen LogP) is 2.11. The SMILES string of the molecule is CCCN1N=C(C)[C@@H](C)n2c1nc1c2c(=O)n(Cc2ccccc2)c(=O)n1C. The summed E-state index contributed by atoms with van der Waals surface area (Å²) in [6, 6.07) is 9.41. The second-order valence-corrected chi connectivity index (χ2v) is 7.21. The zero-order valence-electron chi connectivity index (χ0n) is 16.6. The molecular formula is C20H24N6O2. The standard InChI is InChI=1S/C20H24N6O2/c1-5-11-25-19-21-17-16(26(19)14(3)13(2)22-25)18(27)24(20(28)23(17)4)12-15-9-7-6-8-10-15/h6-10,14H,5,11-12H2,1-4H3/t14-/m1/s1. The molecule has 1 atom stereocenters. The minimum Gasteiger partial charge on any atom is -0.294 e. The van der Waals surface area contributed by atoms with Gasteiger partial charge in [-0.15, -0.1) is 0 Å². The smallest absolute Gasteiger partial charge is 0.294 e. The van der Waals surface area contributed by atoms with E-state index < -0.39 is 0 Å². The Morgan fingerprint density at radius 3 is 2.54 bits per heavy atom. The van der Waals surface area contributed by atoms with Gasteiger partial charge in [-0.3, -0.25) is 18.5 Å². The fraction of sp³-hybridized carbons (Fsp3) is 0.400. The molecule has 0 fully saturated rings. The van der Waals surface area contributed by atoms with Gasteiger partial charge in [0.2, 0.25) is 5.95 Å². The van der Waals surface area contributed by atoms with Gasteiger partial charge < -0.3 is 0 Å². The van der Waals surface area contributed by atoms with E-state index >= 15 is 0 Å². The van der Waals surface area contributed by atoms with Crippen LogP contribution in [0.5, 0.6) is 0 Å². The monoisotopic (exact) mass is 380 g/mol. The third kappa shape index (κ3) is 2.67. The zero-order valence-corrected chi connectivity index (χ0v) is 16.6. The minimum absolute atomic E-state index is 0.108. The summed E-state index contributed by atoms with van der Waals surface area (Å²) in [5.41, 5.74) is 1.95. The van der Waals surface area contributed by atoms with E-state index in [1.165, 1.54) is 9.13 Å². The summed E-state index contributed by atoms with van der Waals surface area (Å²) in [7, 11) is 1.66. The van der Waals surface area contributed by atoms with Crippen LogP contribution in [-0.2, 0) is 13.6 Å². The van der Waals surface area contributed by atoms with Crippen LogP contribution in [0.4, 0.5) is 5.95 Å². The molecule has 0 amide bonds. The first-order valence-electron chi connectivity index (χ1n) is 9.52. The summed E-state index contributed by atoms with van der Waals surface area (Å²) in [6.07, 6.45) is 0.894. The zero-order chi connectivity index (χ0) is 20.0. The molecule has 28 heavy (non-hydrogen) atoms. The van der Waals surface area contributed by atoms with Crippen molar-refractivity contribution in [2.24, 2.45) is 12.1 Å². The van der Waals surface area contributed by atoms with Gasteiger partial charge in [0.05, 0.1) is 18.3 Å². The minimum atomic E-state index is -0.371. The Kier molecular flexibility index (Phi) is 4.41. The predicted molar refractivity (Wildman–Crippen MR) is 110 cm³/mol. The second-order valence-electron chi connectivity index (χ2n) is 7.21. The van der Waals surface area contributed by atoms with Crippen molar-refractivity contribution in [2.45, 2.75) is 39.8 Å². The maximum absolute atomic E-state index is 13.4. The molecule has 146 valence electrons. The fourth-order valence-electron chi connectivity index (χ4n) is 3.65. The molecule has 8 heteroatoms. The maximum atomic E-state index is 13.4. The highest BCUT2D eigenvalue weighted by Gasteiger charge is 2.30. The molecule has 0 saturated heterocycles. The maximum Gasteiger partial charge on any atom is 0.332 e. The van der Waals surface area contributed by atoms with Gasteiger partial charge in [0.1, 0.15) is 0 Å². The molecule has 0 aliphatic carbocycles. The fourth-order valence-corrected chi connectivity index (χ4v) is 3.65. The molecule has 2 aromatic heterocycles. The first kappa shape index (κ1) is 18.2. The Hall–Kier alpha value is -3.16. The average Bonchev–Trinajstić information content (AvgIpc) is 3.10. The van der Waals surface area contributed by atoms with E-state index in [0.29, 0.717) is 23.7 Å². The number of nitrogens with zero attached hydrogens (tertiary/aromatic N) is 6. The molecule has 1 aromatic carbocycles. The van der Waals surface area contributed by atoms with Crippen molar-refractivity contribution in [3.63, 3.8) is 0 Å². The first-order valence-corrected chi connectivity index (χ1v) is 9.52. The highest BCUT2D eigenvalue weighted by Crippen LogP contribution is 2.29. The van der Waals surface area contributed by atoms with E-state index in [2.05, 4.69) is 17.0 Å². The Morgan fingerprint density at radius 2 is 1.86 bits per heavy atom. The number of hydrazone groups is 1. The molecule has 1 aliphatic rings. The highest BCUT2D eigenvalue weighted by molar-refractivity contribution is 5.91. The lowest BCUT2D eigenvalue weighted by atomic mass is 10.2. The molecule has 0 spiro atoms. The van der Waals surface area contributed by atoms with E-state index in [-0.39, 0.29) is 23.8 Å². The number of hydrogen-bond acceptors (Lipinski definition) is 5. The van der Waals surface area contributed by atoms with Crippen molar-refractivity contribution in [1.82, 2.24) is 18.7 Å². The van der Waals surface area contributed by atoms with Crippen LogP contribution in [0.3, 0.4) is 0 Å². The number of aryl methyl sites for hydroxylation is 1. The van der Waals surface area contributed by atoms with E-state index in [4.69, 9.17) is 0 Å². The molecule has 1 aliphatic heterocycles. The van der Waals surface area contributed by atoms with Crippen LogP contribution in [0, 0.1) is 0 Å². The molecule has 8 nitrogen and oxygen atoms in total. The Balaban J connectivity index is 2.00. The van der Waals surface area contributed by atoms with Gasteiger partial charge in [0, 0.05) is 13.6 Å². The van der Waals surface area contributed by atoms with Gasteiger partial charge >= 0.3 is 5.69 Å². The van der Waals surface area contributed by atoms with Crippen LogP contribution in [0.1, 0.15) is 38.8 Å². The number of hydrogen-bond donors (Lipinski definition) is 0. The molecule has 0 radical (unpaired) electrons. The second kappa shape index (κ2) is 6.78. The van der Waals surface area contributed by atoms with Crippen LogP contribution in [0.25, 0.3) is 11.2 Å². The van der Waals surface area contributed by atoms with E-state index in [9.17, 15) is 9.59 Å². The molecular weight excluding hydrogens is 356 g/mol. The van der Waals surface area contributed by atoms with E-state index in [1.54, 1.807) is 7.05 Å². The quantitative estimate of drug-likeness (QED) is 0.695. The Morgan fingerprint density at radius 1 is 1.14 bits per heavy atom. The number of aromatic nitrogens is 4. The van der Waals surface area contributed by atoms with Gasteiger partial charge in [-0.1, -0.05) is 37.3 Å². The number of imidazole rings is 1. The largest absolute Gasteiger partial charge is 0.332 e. The van der Waals surface area contributed by atoms with Crippen LogP contribution in [0.2, 0.25) is 0 Å². The van der Waals surface area contributed by atoms with Crippen LogP contribution in [0.15, 0.2) is 45.0 Å². The first-order chi connectivity index (χ1) is 13.4. The van der Waals surface area contributed by atoms with Crippen LogP contribution in [-0.4, -0.2) is 30.9 Å². The number of fused-ring (bicyclic) bond motifs is 3. The Labute approximate surface area is 162 Å². The molecule has 3 heterocycles. The van der Waals surface area contributed by atoms with E-state index in [1.807, 2.05) is 53.8 Å². The number of anilines is 1. The van der Waals surface area contributed by atoms with Crippen molar-refractivity contribution in [3.8, 4) is 0 Å². The summed E-state index contributed by atoms with van der Waals surface area (Å²) in [6.45, 7) is 6.94. The molecule has 3 aromatic rings. The molecule has 0 N–H and O–H groups in total. The number of benzene rings is 1. The van der Waals surface area contributed by atoms with Crippen molar-refractivity contribution in [1.29, 1.82) is 0 Å². The molecule has 0 bridgehead atoms. The van der Waals surface area contributed by atoms with Gasteiger partial charge in [-0.05, 0) is 25.8 Å². The van der Waals surface area contributed by atoms with Crippen molar-refractivity contribution < 1.29 is 0 Å². The van der Waals surface area contributed by atoms with Gasteiger partial charge in [0.15, 0.2) is 11.2 Å². The van der Waals surface area contributed by atoms with E-state index in [0.717, 1.165) is 17.7 Å². The highest BCUT2D eigenvalue weighted by atomic mass is 16.2. The lowest BCUT2D eigenvalue weighted by molar-refractivity contribution is 0.624. The summed E-state index contributed by atoms with van der Waals surface area (Å²) in [5.74, 6) is 0.611. The van der Waals surface area contributed by atoms with Gasteiger partial charge in [-0.25, -0.2) is 9.80 Å². The summed E-state index contributed by atoms with van der Waals surface area (Å²) >= 11 is 0. The van der Waals surface area contributed by atoms with Gasteiger partial charge in [0.25, 0.3) is 5.56 Å². The third-order valence-electron chi connectivity index (χ3n) is 5.28. The number of rotatable bonds is 4. The lowest BCUT2D eigenvalue weighted by Gasteiger charge is -2.28. The van der Waals surface area contributed by atoms with Crippen LogP contribution < -0.4 is 16.3 Å². The lowest BCUT2D eigenvalue weighted by Crippen LogP contribution is -2.40.